The number of sulfonamides is 1. The number of hydrogen-bond acceptors (Lipinski definition) is 5. The highest BCUT2D eigenvalue weighted by Gasteiger charge is 2.36. The quantitative estimate of drug-likeness (QED) is 0.680. The van der Waals surface area contributed by atoms with Gasteiger partial charge >= 0.3 is 0 Å². The van der Waals surface area contributed by atoms with Crippen LogP contribution in [0.1, 0.15) is 34.5 Å². The van der Waals surface area contributed by atoms with E-state index in [9.17, 15) is 21.6 Å². The first-order chi connectivity index (χ1) is 13.1. The normalized spacial score (nSPS) is 20.4. The average molecular weight is 442 g/mol. The van der Waals surface area contributed by atoms with Gasteiger partial charge in [-0.2, -0.15) is 4.31 Å². The molecule has 28 heavy (non-hydrogen) atoms. The number of ketones is 1. The predicted molar refractivity (Wildman–Crippen MR) is 108 cm³/mol. The van der Waals surface area contributed by atoms with Crippen LogP contribution in [0.15, 0.2) is 53.4 Å². The molecule has 1 saturated heterocycles. The first-order valence-corrected chi connectivity index (χ1v) is 12.2. The van der Waals surface area contributed by atoms with Crippen molar-refractivity contribution in [2.24, 2.45) is 0 Å². The molecular weight excluding hydrogens is 422 g/mol. The van der Waals surface area contributed by atoms with Crippen LogP contribution in [0.2, 0.25) is 5.02 Å². The van der Waals surface area contributed by atoms with E-state index in [1.54, 1.807) is 30.3 Å². The van der Waals surface area contributed by atoms with Gasteiger partial charge in [0.05, 0.1) is 15.9 Å². The summed E-state index contributed by atoms with van der Waals surface area (Å²) in [5, 5.41) is -0.508. The van der Waals surface area contributed by atoms with Crippen molar-refractivity contribution in [3.8, 4) is 0 Å². The smallest absolute Gasteiger partial charge is 0.243 e. The summed E-state index contributed by atoms with van der Waals surface area (Å²) in [5.41, 5.74) is 0.777. The molecule has 2 aromatic rings. The van der Waals surface area contributed by atoms with E-state index in [1.165, 1.54) is 29.4 Å². The Kier molecular flexibility index (Phi) is 5.95. The lowest BCUT2D eigenvalue weighted by Gasteiger charge is -2.20. The minimum atomic E-state index is -3.92. The Morgan fingerprint density at radius 3 is 2.50 bits per heavy atom. The second kappa shape index (κ2) is 7.94. The van der Waals surface area contributed by atoms with E-state index in [-0.39, 0.29) is 41.5 Å². The minimum absolute atomic E-state index is 0.0196. The Morgan fingerprint density at radius 2 is 1.82 bits per heavy atom. The number of halogens is 1. The van der Waals surface area contributed by atoms with E-state index in [0.717, 1.165) is 0 Å². The summed E-state index contributed by atoms with van der Waals surface area (Å²) in [7, 11) is -7.50. The zero-order valence-corrected chi connectivity index (χ0v) is 17.6. The second-order valence-electron chi connectivity index (χ2n) is 6.65. The maximum atomic E-state index is 13.0. The number of carbonyl (C=O) groups is 1. The number of hydrogen-bond donors (Lipinski definition) is 0. The highest BCUT2D eigenvalue weighted by atomic mass is 35.5. The summed E-state index contributed by atoms with van der Waals surface area (Å²) in [6, 6.07) is 12.5. The molecule has 1 aliphatic heterocycles. The van der Waals surface area contributed by atoms with E-state index in [4.69, 9.17) is 11.6 Å². The summed E-state index contributed by atoms with van der Waals surface area (Å²) in [5.74, 6) is -0.539. The Labute approximate surface area is 170 Å². The van der Waals surface area contributed by atoms with Gasteiger partial charge in [0.25, 0.3) is 0 Å². The molecule has 0 bridgehead atoms. The molecule has 9 heteroatoms. The Balaban J connectivity index is 1.93. The van der Waals surface area contributed by atoms with Crippen molar-refractivity contribution in [3.05, 3.63) is 64.7 Å². The molecule has 1 aliphatic rings. The molecule has 0 radical (unpaired) electrons. The first-order valence-electron chi connectivity index (χ1n) is 8.70. The van der Waals surface area contributed by atoms with Gasteiger partial charge in [0.15, 0.2) is 15.6 Å². The third-order valence-electron chi connectivity index (χ3n) is 4.83. The molecule has 1 heterocycles. The van der Waals surface area contributed by atoms with Gasteiger partial charge in [-0.25, -0.2) is 16.8 Å². The molecule has 3 rings (SSSR count). The molecule has 0 spiro atoms. The molecule has 0 aromatic heterocycles. The van der Waals surface area contributed by atoms with Crippen molar-refractivity contribution in [2.45, 2.75) is 23.5 Å². The summed E-state index contributed by atoms with van der Waals surface area (Å²) in [6.45, 7) is 1.26. The van der Waals surface area contributed by atoms with Crippen molar-refractivity contribution >= 4 is 37.2 Å². The van der Waals surface area contributed by atoms with Gasteiger partial charge in [-0.15, -0.1) is 0 Å². The second-order valence-corrected chi connectivity index (χ2v) is 11.3. The van der Waals surface area contributed by atoms with Crippen LogP contribution in [0.25, 0.3) is 0 Å². The Bertz CT molecular complexity index is 1110. The minimum Gasteiger partial charge on any atom is -0.295 e. The van der Waals surface area contributed by atoms with Gasteiger partial charge in [-0.3, -0.25) is 4.79 Å². The van der Waals surface area contributed by atoms with Gasteiger partial charge in [0, 0.05) is 23.7 Å². The molecule has 150 valence electrons. The van der Waals surface area contributed by atoms with Crippen LogP contribution in [-0.2, 0) is 19.9 Å². The summed E-state index contributed by atoms with van der Waals surface area (Å²) >= 11 is 6.18. The van der Waals surface area contributed by atoms with E-state index in [0.29, 0.717) is 10.6 Å². The average Bonchev–Trinajstić information content (AvgIpc) is 2.81. The zero-order valence-electron chi connectivity index (χ0n) is 15.2. The standard InChI is InChI=1S/C19H20ClNO5S2/c1-14(22)15-5-4-6-16(13-15)28(25,26)21-10-9-19(27(23,24)12-11-21)17-7-2-3-8-18(17)20/h2-8,13,19H,9-12H2,1H3. The third-order valence-corrected chi connectivity index (χ3v) is 9.18. The van der Waals surface area contributed by atoms with Gasteiger partial charge in [-0.1, -0.05) is 41.9 Å². The fourth-order valence-electron chi connectivity index (χ4n) is 3.27. The Hall–Kier alpha value is -1.74. The predicted octanol–water partition coefficient (Wildman–Crippen LogP) is 3.09. The summed E-state index contributed by atoms with van der Waals surface area (Å²) < 4.78 is 52.8. The first kappa shape index (κ1) is 21.0. The maximum Gasteiger partial charge on any atom is 0.243 e. The highest BCUT2D eigenvalue weighted by molar-refractivity contribution is 7.92. The van der Waals surface area contributed by atoms with Crippen molar-refractivity contribution in [1.82, 2.24) is 4.31 Å². The topological polar surface area (TPSA) is 88.6 Å². The van der Waals surface area contributed by atoms with Gasteiger partial charge in [-0.05, 0) is 37.1 Å². The number of benzene rings is 2. The summed E-state index contributed by atoms with van der Waals surface area (Å²) in [6.07, 6.45) is 0.109. The molecule has 0 N–H and O–H groups in total. The summed E-state index contributed by atoms with van der Waals surface area (Å²) in [4.78, 5) is 11.6. The zero-order chi connectivity index (χ0) is 20.5. The lowest BCUT2D eigenvalue weighted by Crippen LogP contribution is -2.33. The van der Waals surface area contributed by atoms with E-state index in [1.807, 2.05) is 0 Å². The molecule has 1 atom stereocenters. The van der Waals surface area contributed by atoms with Crippen molar-refractivity contribution < 1.29 is 21.6 Å². The lowest BCUT2D eigenvalue weighted by molar-refractivity contribution is 0.101. The molecule has 1 fully saturated rings. The van der Waals surface area contributed by atoms with Crippen molar-refractivity contribution in [2.75, 3.05) is 18.8 Å². The van der Waals surface area contributed by atoms with Crippen molar-refractivity contribution in [3.63, 3.8) is 0 Å². The van der Waals surface area contributed by atoms with Crippen molar-refractivity contribution in [1.29, 1.82) is 0 Å². The number of carbonyl (C=O) groups excluding carboxylic acids is 1. The lowest BCUT2D eigenvalue weighted by atomic mass is 10.1. The highest BCUT2D eigenvalue weighted by Crippen LogP contribution is 2.35. The van der Waals surface area contributed by atoms with Gasteiger partial charge in [0.1, 0.15) is 0 Å². The molecular formula is C19H20ClNO5S2. The third kappa shape index (κ3) is 4.15. The van der Waals surface area contributed by atoms with Gasteiger partial charge in [0.2, 0.25) is 10.0 Å². The molecule has 0 saturated carbocycles. The van der Waals surface area contributed by atoms with Crippen LogP contribution in [0, 0.1) is 0 Å². The molecule has 2 aromatic carbocycles. The number of nitrogens with zero attached hydrogens (tertiary/aromatic N) is 1. The van der Waals surface area contributed by atoms with Crippen LogP contribution in [-0.4, -0.2) is 45.8 Å². The maximum absolute atomic E-state index is 13.0. The molecule has 0 amide bonds. The monoisotopic (exact) mass is 441 g/mol. The molecule has 0 aliphatic carbocycles. The number of rotatable bonds is 4. The van der Waals surface area contributed by atoms with Gasteiger partial charge < -0.3 is 0 Å². The largest absolute Gasteiger partial charge is 0.295 e. The fourth-order valence-corrected chi connectivity index (χ4v) is 7.04. The van der Waals surface area contributed by atoms with Crippen LogP contribution < -0.4 is 0 Å². The van der Waals surface area contributed by atoms with Crippen LogP contribution in [0.4, 0.5) is 0 Å². The number of Topliss-reactive ketones (excluding diaryl/α,β-unsaturated/α-hetero) is 1. The molecule has 1 unspecified atom stereocenters. The van der Waals surface area contributed by atoms with Crippen LogP contribution in [0.5, 0.6) is 0 Å². The van der Waals surface area contributed by atoms with E-state index in [2.05, 4.69) is 0 Å². The van der Waals surface area contributed by atoms with E-state index < -0.39 is 25.1 Å². The van der Waals surface area contributed by atoms with E-state index >= 15 is 0 Å². The molecule has 6 nitrogen and oxygen atoms in total. The Morgan fingerprint density at radius 1 is 1.11 bits per heavy atom. The SMILES string of the molecule is CC(=O)c1cccc(S(=O)(=O)N2CCC(c3ccccc3Cl)S(=O)(=O)CC2)c1. The van der Waals surface area contributed by atoms with Crippen LogP contribution in [0.3, 0.4) is 0 Å². The fraction of sp³-hybridized carbons (Fsp3) is 0.316. The van der Waals surface area contributed by atoms with Crippen LogP contribution >= 0.6 is 11.6 Å². The number of sulfone groups is 1.